The van der Waals surface area contributed by atoms with E-state index in [2.05, 4.69) is 13.7 Å². The van der Waals surface area contributed by atoms with Crippen LogP contribution in [0.1, 0.15) is 0 Å². The van der Waals surface area contributed by atoms with E-state index >= 15 is 0 Å². The molecule has 1 aromatic rings. The van der Waals surface area contributed by atoms with Crippen molar-refractivity contribution in [1.82, 2.24) is 8.75 Å². The van der Waals surface area contributed by atoms with Crippen LogP contribution >= 0.6 is 11.1 Å². The van der Waals surface area contributed by atoms with Crippen molar-refractivity contribution in [1.29, 1.82) is 0 Å². The fraction of sp³-hybridized carbons (Fsp3) is 0.333. The lowest BCUT2D eigenvalue weighted by Gasteiger charge is -1.71. The predicted octanol–water partition coefficient (Wildman–Crippen LogP) is -0.332. The molecule has 0 bridgehead atoms. The molecule has 1 unspecified atom stereocenters. The number of nitrogens with zero attached hydrogens (tertiary/aromatic N) is 2. The Labute approximate surface area is 49.0 Å². The molecule has 8 heavy (non-hydrogen) atoms. The summed E-state index contributed by atoms with van der Waals surface area (Å²) in [6.07, 6.45) is 1.44. The van der Waals surface area contributed by atoms with Gasteiger partial charge in [-0.2, -0.15) is 4.37 Å². The summed E-state index contributed by atoms with van der Waals surface area (Å²) in [5.41, 5.74) is 0.573. The zero-order valence-corrected chi connectivity index (χ0v) is 5.10. The van der Waals surface area contributed by atoms with Crippen molar-refractivity contribution in [2.75, 3.05) is 7.05 Å². The van der Waals surface area contributed by atoms with Gasteiger partial charge in [-0.15, -0.1) is 0 Å². The zero-order chi connectivity index (χ0) is 5.98. The zero-order valence-electron chi connectivity index (χ0n) is 4.29. The summed E-state index contributed by atoms with van der Waals surface area (Å²) in [4.78, 5) is 3.70. The lowest BCUT2D eigenvalue weighted by atomic mass is 10.9. The summed E-state index contributed by atoms with van der Waals surface area (Å²) in [6, 6.07) is 0. The van der Waals surface area contributed by atoms with Crippen LogP contribution in [0.4, 0.5) is 0 Å². The fourth-order valence-corrected chi connectivity index (χ4v) is 0.915. The van der Waals surface area contributed by atoms with Crippen molar-refractivity contribution >= 4 is 11.1 Å². The van der Waals surface area contributed by atoms with Gasteiger partial charge in [0.15, 0.2) is 16.6 Å². The van der Waals surface area contributed by atoms with E-state index in [1.165, 1.54) is 6.20 Å². The third-order valence-corrected chi connectivity index (χ3v) is 1.38. The molecule has 0 saturated carbocycles. The van der Waals surface area contributed by atoms with Crippen molar-refractivity contribution in [2.45, 2.75) is 0 Å². The molecule has 0 amide bonds. The second-order valence-electron chi connectivity index (χ2n) is 1.19. The van der Waals surface area contributed by atoms with E-state index in [0.717, 1.165) is 0 Å². The smallest absolute Gasteiger partial charge is 0.195 e. The molecule has 0 aromatic carbocycles. The first-order valence-electron chi connectivity index (χ1n) is 2.02. The standard InChI is InChI=1S/C3H5N3OS/c1-4-3-2-5-8(7)6-3/h2H,1H3,(H,4,6). The number of H-pyrrole nitrogens is 1. The maximum atomic E-state index is 10.3. The van der Waals surface area contributed by atoms with Gasteiger partial charge >= 0.3 is 0 Å². The quantitative estimate of drug-likeness (QED) is 0.490. The van der Waals surface area contributed by atoms with Gasteiger partial charge < -0.3 is 4.55 Å². The molecule has 0 fully saturated rings. The monoisotopic (exact) mass is 131 g/mol. The number of hydrogen-bond donors (Lipinski definition) is 1. The highest BCUT2D eigenvalue weighted by molar-refractivity contribution is 7.13. The van der Waals surface area contributed by atoms with Crippen molar-refractivity contribution in [2.24, 2.45) is 4.99 Å². The van der Waals surface area contributed by atoms with Crippen molar-refractivity contribution in [3.63, 3.8) is 0 Å². The van der Waals surface area contributed by atoms with Crippen LogP contribution in [0.5, 0.6) is 0 Å². The second kappa shape index (κ2) is 2.06. The molecule has 0 aliphatic rings. The van der Waals surface area contributed by atoms with Crippen LogP contribution in [-0.4, -0.2) is 20.3 Å². The molecule has 1 rings (SSSR count). The number of aromatic nitrogens is 2. The van der Waals surface area contributed by atoms with E-state index in [1.807, 2.05) is 0 Å². The number of hydrogen-bond acceptors (Lipinski definition) is 3. The molecule has 5 heteroatoms. The summed E-state index contributed by atoms with van der Waals surface area (Å²) in [5.74, 6) is 0. The summed E-state index contributed by atoms with van der Waals surface area (Å²) >= 11 is -1.26. The molecule has 1 atom stereocenters. The lowest BCUT2D eigenvalue weighted by molar-refractivity contribution is 0.584. The molecule has 1 aromatic heterocycles. The maximum Gasteiger partial charge on any atom is 0.195 e. The Bertz CT molecular complexity index is 224. The van der Waals surface area contributed by atoms with Crippen LogP contribution in [0.3, 0.4) is 0 Å². The minimum Gasteiger partial charge on any atom is -0.548 e. The predicted molar refractivity (Wildman–Crippen MR) is 28.7 cm³/mol. The first kappa shape index (κ1) is 5.46. The Hall–Kier alpha value is -0.680. The van der Waals surface area contributed by atoms with Crippen molar-refractivity contribution in [3.05, 3.63) is 11.7 Å². The number of rotatable bonds is 0. The summed E-state index contributed by atoms with van der Waals surface area (Å²) in [6.45, 7) is 0. The van der Waals surface area contributed by atoms with Gasteiger partial charge in [-0.3, -0.25) is 4.99 Å². The number of aromatic amines is 1. The number of nitrogens with one attached hydrogen (secondary N) is 1. The van der Waals surface area contributed by atoms with Crippen LogP contribution in [0.15, 0.2) is 11.2 Å². The summed E-state index contributed by atoms with van der Waals surface area (Å²) in [7, 11) is 1.61. The molecule has 0 spiro atoms. The van der Waals surface area contributed by atoms with Gasteiger partial charge in [0.25, 0.3) is 0 Å². The van der Waals surface area contributed by atoms with E-state index < -0.39 is 11.1 Å². The van der Waals surface area contributed by atoms with E-state index in [9.17, 15) is 4.55 Å². The van der Waals surface area contributed by atoms with Gasteiger partial charge in [0.2, 0.25) is 0 Å². The Balaban J connectivity index is 3.20. The highest BCUT2D eigenvalue weighted by atomic mass is 32.2. The second-order valence-corrected chi connectivity index (χ2v) is 2.11. The first-order chi connectivity index (χ1) is 3.83. The van der Waals surface area contributed by atoms with Gasteiger partial charge in [-0.05, 0) is 4.37 Å². The van der Waals surface area contributed by atoms with Gasteiger partial charge in [-0.25, -0.2) is 0 Å². The molecule has 4 nitrogen and oxygen atoms in total. The highest BCUT2D eigenvalue weighted by Crippen LogP contribution is 1.89. The molecule has 1 heterocycles. The third kappa shape index (κ3) is 0.932. The molecule has 44 valence electrons. The van der Waals surface area contributed by atoms with E-state index in [0.29, 0.717) is 5.49 Å². The van der Waals surface area contributed by atoms with Gasteiger partial charge in [0, 0.05) is 7.05 Å². The molecular weight excluding hydrogens is 126 g/mol. The average Bonchev–Trinajstić information content (AvgIpc) is 2.14. The topological polar surface area (TPSA) is 64.1 Å². The van der Waals surface area contributed by atoms with E-state index in [1.54, 1.807) is 7.05 Å². The molecule has 0 radical (unpaired) electrons. The van der Waals surface area contributed by atoms with Crippen LogP contribution in [0, 0.1) is 0 Å². The Kier molecular flexibility index (Phi) is 1.40. The minimum absolute atomic E-state index is 0.573. The molecule has 0 aliphatic carbocycles. The molecule has 1 N–H and O–H groups in total. The largest absolute Gasteiger partial charge is 0.548 e. The van der Waals surface area contributed by atoms with Gasteiger partial charge in [-0.1, -0.05) is 0 Å². The minimum atomic E-state index is -1.26. The Morgan fingerprint density at radius 1 is 2.00 bits per heavy atom. The fourth-order valence-electron chi connectivity index (χ4n) is 0.343. The average molecular weight is 131 g/mol. The first-order valence-corrected chi connectivity index (χ1v) is 3.13. The van der Waals surface area contributed by atoms with Crippen LogP contribution in [0.2, 0.25) is 0 Å². The summed E-state index contributed by atoms with van der Waals surface area (Å²) in [5, 5.41) is 0. The third-order valence-electron chi connectivity index (χ3n) is 0.704. The van der Waals surface area contributed by atoms with E-state index in [-0.39, 0.29) is 0 Å². The Morgan fingerprint density at radius 2 is 2.75 bits per heavy atom. The van der Waals surface area contributed by atoms with Crippen LogP contribution in [-0.2, 0) is 0 Å². The SMILES string of the molecule is CN=c1cn[s+]([O-])[nH]1. The summed E-state index contributed by atoms with van der Waals surface area (Å²) < 4.78 is 16.3. The molecule has 0 aliphatic heterocycles. The Morgan fingerprint density at radius 3 is 3.00 bits per heavy atom. The van der Waals surface area contributed by atoms with Crippen LogP contribution < -0.4 is 5.49 Å². The van der Waals surface area contributed by atoms with Crippen molar-refractivity contribution < 1.29 is 4.55 Å². The van der Waals surface area contributed by atoms with E-state index in [4.69, 9.17) is 0 Å². The van der Waals surface area contributed by atoms with Crippen LogP contribution in [0.25, 0.3) is 0 Å². The highest BCUT2D eigenvalue weighted by Gasteiger charge is 1.87. The molecular formula is C3H5N3OS. The maximum absolute atomic E-state index is 10.3. The van der Waals surface area contributed by atoms with Crippen molar-refractivity contribution in [3.8, 4) is 0 Å². The normalized spacial score (nSPS) is 14.8. The molecule has 0 saturated heterocycles. The van der Waals surface area contributed by atoms with Gasteiger partial charge in [0.1, 0.15) is 6.20 Å². The van der Waals surface area contributed by atoms with Gasteiger partial charge in [0.05, 0.1) is 0 Å². The lowest BCUT2D eigenvalue weighted by Crippen LogP contribution is -1.97.